The lowest BCUT2D eigenvalue weighted by atomic mass is 10.1. The molecule has 2 aliphatic heterocycles. The summed E-state index contributed by atoms with van der Waals surface area (Å²) in [6.45, 7) is 6.31. The number of halogens is 3. The van der Waals surface area contributed by atoms with E-state index in [0.717, 1.165) is 25.2 Å². The Morgan fingerprint density at radius 1 is 1.21 bits per heavy atom. The maximum absolute atomic E-state index is 13.1. The van der Waals surface area contributed by atoms with Crippen molar-refractivity contribution < 1.29 is 37.3 Å². The van der Waals surface area contributed by atoms with E-state index in [1.807, 2.05) is 0 Å². The van der Waals surface area contributed by atoms with Crippen molar-refractivity contribution in [3.8, 4) is 0 Å². The average molecular weight is 490 g/mol. The third-order valence-electron chi connectivity index (χ3n) is 5.98. The molecule has 0 saturated carbocycles. The van der Waals surface area contributed by atoms with E-state index in [1.165, 1.54) is 24.1 Å². The molecule has 34 heavy (non-hydrogen) atoms. The predicted octanol–water partition coefficient (Wildman–Crippen LogP) is 1.19. The van der Waals surface area contributed by atoms with E-state index in [2.05, 4.69) is 9.80 Å². The molecule has 0 radical (unpaired) electrons. The van der Waals surface area contributed by atoms with E-state index >= 15 is 0 Å². The lowest BCUT2D eigenvalue weighted by Gasteiger charge is -2.37. The van der Waals surface area contributed by atoms with Gasteiger partial charge in [0, 0.05) is 65.0 Å². The van der Waals surface area contributed by atoms with Gasteiger partial charge >= 0.3 is 6.18 Å². The number of rotatable bonds is 10. The fourth-order valence-corrected chi connectivity index (χ4v) is 4.23. The van der Waals surface area contributed by atoms with Crippen molar-refractivity contribution in [2.75, 3.05) is 85.9 Å². The summed E-state index contributed by atoms with van der Waals surface area (Å²) in [5.74, 6) is -0.503. The Morgan fingerprint density at radius 3 is 2.62 bits per heavy atom. The molecule has 0 spiro atoms. The second-order valence-electron chi connectivity index (χ2n) is 8.64. The van der Waals surface area contributed by atoms with E-state index in [9.17, 15) is 23.1 Å². The van der Waals surface area contributed by atoms with Crippen LogP contribution in [0.5, 0.6) is 0 Å². The highest BCUT2D eigenvalue weighted by Gasteiger charge is 2.32. The molecule has 2 aliphatic rings. The van der Waals surface area contributed by atoms with Crippen LogP contribution in [0.2, 0.25) is 0 Å². The molecule has 1 aromatic carbocycles. The molecule has 2 atom stereocenters. The molecule has 11 heteroatoms. The van der Waals surface area contributed by atoms with Gasteiger partial charge in [-0.2, -0.15) is 13.2 Å². The average Bonchev–Trinajstić information content (AvgIpc) is 2.81. The number of aliphatic hydroxyl groups excluding tert-OH is 1. The lowest BCUT2D eigenvalue weighted by Crippen LogP contribution is -2.52. The Balaban J connectivity index is 1.58. The number of hydrogen-bond donors (Lipinski definition) is 1. The van der Waals surface area contributed by atoms with Crippen molar-refractivity contribution in [2.45, 2.75) is 18.4 Å². The highest BCUT2D eigenvalue weighted by molar-refractivity contribution is 5.94. The van der Waals surface area contributed by atoms with Gasteiger partial charge in [0.2, 0.25) is 0 Å². The Kier molecular flexibility index (Phi) is 10.1. The number of benzene rings is 1. The normalized spacial score (nSPS) is 21.4. The van der Waals surface area contributed by atoms with Crippen LogP contribution in [0.1, 0.15) is 15.9 Å². The maximum Gasteiger partial charge on any atom is 0.416 e. The molecule has 2 saturated heterocycles. The van der Waals surface area contributed by atoms with Gasteiger partial charge in [-0.25, -0.2) is 0 Å². The summed E-state index contributed by atoms with van der Waals surface area (Å²) in [5.41, 5.74) is -0.890. The molecule has 0 bridgehead atoms. The van der Waals surface area contributed by atoms with Crippen LogP contribution in [0.4, 0.5) is 13.2 Å². The minimum Gasteiger partial charge on any atom is -0.390 e. The molecule has 1 amide bonds. The van der Waals surface area contributed by atoms with Crippen LogP contribution in [0.25, 0.3) is 0 Å². The molecule has 8 nitrogen and oxygen atoms in total. The molecule has 2 fully saturated rings. The van der Waals surface area contributed by atoms with Gasteiger partial charge in [-0.05, 0) is 18.2 Å². The fourth-order valence-electron chi connectivity index (χ4n) is 4.23. The van der Waals surface area contributed by atoms with E-state index in [1.54, 1.807) is 0 Å². The minimum absolute atomic E-state index is 0.0282. The summed E-state index contributed by atoms with van der Waals surface area (Å²) in [5, 5.41) is 10.5. The summed E-state index contributed by atoms with van der Waals surface area (Å²) >= 11 is 0. The van der Waals surface area contributed by atoms with Crippen molar-refractivity contribution in [1.29, 1.82) is 0 Å². The number of carbonyl (C=O) groups is 1. The first-order valence-electron chi connectivity index (χ1n) is 11.5. The van der Waals surface area contributed by atoms with Gasteiger partial charge in [0.25, 0.3) is 5.91 Å². The maximum atomic E-state index is 13.1. The van der Waals surface area contributed by atoms with Crippen LogP contribution in [-0.2, 0) is 20.4 Å². The van der Waals surface area contributed by atoms with Crippen LogP contribution < -0.4 is 0 Å². The second kappa shape index (κ2) is 12.8. The van der Waals surface area contributed by atoms with Crippen molar-refractivity contribution in [2.24, 2.45) is 0 Å². The first-order valence-corrected chi connectivity index (χ1v) is 11.5. The van der Waals surface area contributed by atoms with Crippen molar-refractivity contribution in [3.05, 3.63) is 35.4 Å². The van der Waals surface area contributed by atoms with E-state index in [0.29, 0.717) is 46.0 Å². The monoisotopic (exact) mass is 489 g/mol. The molecule has 0 aromatic heterocycles. The Morgan fingerprint density at radius 2 is 1.91 bits per heavy atom. The minimum atomic E-state index is -4.53. The Labute approximate surface area is 198 Å². The largest absolute Gasteiger partial charge is 0.416 e. The third-order valence-corrected chi connectivity index (χ3v) is 5.98. The second-order valence-corrected chi connectivity index (χ2v) is 8.64. The molecule has 2 heterocycles. The van der Waals surface area contributed by atoms with Crippen LogP contribution in [0, 0.1) is 0 Å². The van der Waals surface area contributed by atoms with E-state index in [4.69, 9.17) is 14.2 Å². The summed E-state index contributed by atoms with van der Waals surface area (Å²) in [6, 6.07) is 4.44. The van der Waals surface area contributed by atoms with Gasteiger partial charge in [-0.1, -0.05) is 6.07 Å². The van der Waals surface area contributed by atoms with Crippen molar-refractivity contribution in [1.82, 2.24) is 14.7 Å². The zero-order chi connectivity index (χ0) is 24.6. The molecule has 192 valence electrons. The number of amides is 1. The van der Waals surface area contributed by atoms with Crippen LogP contribution >= 0.6 is 0 Å². The van der Waals surface area contributed by atoms with E-state index < -0.39 is 23.8 Å². The molecular weight excluding hydrogens is 455 g/mol. The summed E-state index contributed by atoms with van der Waals surface area (Å²) in [4.78, 5) is 18.8. The zero-order valence-corrected chi connectivity index (χ0v) is 19.5. The summed E-state index contributed by atoms with van der Waals surface area (Å²) in [7, 11) is 1.50. The quantitative estimate of drug-likeness (QED) is 0.529. The topological polar surface area (TPSA) is 74.7 Å². The Bertz CT molecular complexity index is 776. The van der Waals surface area contributed by atoms with Crippen LogP contribution in [0.15, 0.2) is 24.3 Å². The fraction of sp³-hybridized carbons (Fsp3) is 0.696. The number of morpholine rings is 2. The number of nitrogens with zero attached hydrogens (tertiary/aromatic N) is 3. The van der Waals surface area contributed by atoms with Gasteiger partial charge in [0.15, 0.2) is 0 Å². The summed E-state index contributed by atoms with van der Waals surface area (Å²) in [6.07, 6.45) is -5.37. The van der Waals surface area contributed by atoms with Gasteiger partial charge in [0.1, 0.15) is 0 Å². The van der Waals surface area contributed by atoms with Gasteiger partial charge in [0.05, 0.1) is 44.2 Å². The number of β-amino-alcohol motifs (C(OH)–C–C–N with tert-alkyl or cyclic N) is 1. The number of aliphatic hydroxyl groups is 1. The van der Waals surface area contributed by atoms with Crippen LogP contribution in [0.3, 0.4) is 0 Å². The number of hydrogen-bond acceptors (Lipinski definition) is 7. The van der Waals surface area contributed by atoms with E-state index in [-0.39, 0.29) is 31.4 Å². The highest BCUT2D eigenvalue weighted by Crippen LogP contribution is 2.29. The number of carbonyl (C=O) groups excluding carboxylic acids is 1. The highest BCUT2D eigenvalue weighted by atomic mass is 19.4. The zero-order valence-electron chi connectivity index (χ0n) is 19.5. The number of methoxy groups -OCH3 is 1. The molecule has 0 unspecified atom stereocenters. The van der Waals surface area contributed by atoms with Crippen LogP contribution in [-0.4, -0.2) is 124 Å². The lowest BCUT2D eigenvalue weighted by molar-refractivity contribution is -0.137. The molecule has 1 aromatic rings. The Hall–Kier alpha value is -1.76. The third kappa shape index (κ3) is 8.17. The summed E-state index contributed by atoms with van der Waals surface area (Å²) < 4.78 is 55.6. The smallest absolute Gasteiger partial charge is 0.390 e. The molecular formula is C23H34F3N3O5. The first kappa shape index (κ1) is 26.8. The van der Waals surface area contributed by atoms with Gasteiger partial charge in [-0.3, -0.25) is 14.6 Å². The number of ether oxygens (including phenoxy) is 3. The molecule has 3 rings (SSSR count). The van der Waals surface area contributed by atoms with Crippen molar-refractivity contribution >= 4 is 5.91 Å². The SMILES string of the molecule is COCCN(C[C@H]1CN(C[C@@H](O)CN2CCOCC2)CCO1)C(=O)c1cccc(C(F)(F)F)c1. The predicted molar refractivity (Wildman–Crippen MR) is 119 cm³/mol. The van der Waals surface area contributed by atoms with Crippen molar-refractivity contribution in [3.63, 3.8) is 0 Å². The van der Waals surface area contributed by atoms with Gasteiger partial charge in [-0.15, -0.1) is 0 Å². The molecule has 0 aliphatic carbocycles. The molecule has 1 N–H and O–H groups in total. The number of alkyl halides is 3. The standard InChI is InChI=1S/C23H34F3N3O5/c1-32-9-8-29(22(31)18-3-2-4-19(13-18)23(24,25)26)17-21-16-28(7-12-34-21)15-20(30)14-27-5-10-33-11-6-27/h2-4,13,20-21,30H,5-12,14-17H2,1H3/t20-,21+/m0/s1. The van der Waals surface area contributed by atoms with Gasteiger partial charge < -0.3 is 24.2 Å². The first-order chi connectivity index (χ1) is 16.3.